The lowest BCUT2D eigenvalue weighted by molar-refractivity contribution is 0.0697. The molecular weight excluding hydrogens is 270 g/mol. The summed E-state index contributed by atoms with van der Waals surface area (Å²) in [6, 6.07) is 8.40. The first-order valence-electron chi connectivity index (χ1n) is 6.80. The van der Waals surface area contributed by atoms with Crippen LogP contribution in [0.15, 0.2) is 24.3 Å². The lowest BCUT2D eigenvalue weighted by Gasteiger charge is -2.20. The normalized spacial score (nSPS) is 9.71. The van der Waals surface area contributed by atoms with Crippen LogP contribution in [0, 0.1) is 11.3 Å². The molecule has 0 fully saturated rings. The monoisotopic (exact) mass is 289 g/mol. The van der Waals surface area contributed by atoms with Crippen LogP contribution in [0.3, 0.4) is 0 Å². The van der Waals surface area contributed by atoms with Crippen LogP contribution in [0.25, 0.3) is 0 Å². The zero-order valence-electron chi connectivity index (χ0n) is 12.0. The van der Waals surface area contributed by atoms with Crippen LogP contribution in [-0.2, 0) is 6.42 Å². The maximum absolute atomic E-state index is 11.8. The maximum atomic E-state index is 11.8. The fourth-order valence-electron chi connectivity index (χ4n) is 1.83. The van der Waals surface area contributed by atoms with Gasteiger partial charge in [0.15, 0.2) is 0 Å². The van der Waals surface area contributed by atoms with Crippen molar-refractivity contribution in [1.29, 1.82) is 5.26 Å². The first-order chi connectivity index (χ1) is 10.1. The van der Waals surface area contributed by atoms with Gasteiger partial charge < -0.3 is 15.3 Å². The fourth-order valence-corrected chi connectivity index (χ4v) is 1.83. The Morgan fingerprint density at radius 3 is 2.52 bits per heavy atom. The van der Waals surface area contributed by atoms with Crippen LogP contribution in [0.1, 0.15) is 29.3 Å². The molecule has 0 aliphatic carbocycles. The number of hydrogen-bond acceptors (Lipinski definition) is 3. The molecule has 0 atom stereocenters. The van der Waals surface area contributed by atoms with Gasteiger partial charge in [-0.1, -0.05) is 12.1 Å². The number of carboxylic acids is 1. The van der Waals surface area contributed by atoms with Gasteiger partial charge in [0.1, 0.15) is 0 Å². The van der Waals surface area contributed by atoms with Gasteiger partial charge in [-0.15, -0.1) is 0 Å². The second kappa shape index (κ2) is 8.59. The van der Waals surface area contributed by atoms with Crippen molar-refractivity contribution < 1.29 is 14.7 Å². The molecule has 0 saturated heterocycles. The molecule has 0 radical (unpaired) electrons. The first-order valence-corrected chi connectivity index (χ1v) is 6.80. The van der Waals surface area contributed by atoms with Gasteiger partial charge in [-0.2, -0.15) is 5.26 Å². The van der Waals surface area contributed by atoms with Crippen molar-refractivity contribution >= 4 is 12.0 Å². The molecule has 0 aromatic heterocycles. The molecule has 0 saturated carbocycles. The molecule has 2 amide bonds. The largest absolute Gasteiger partial charge is 0.478 e. The minimum atomic E-state index is -0.953. The van der Waals surface area contributed by atoms with Gasteiger partial charge in [0.25, 0.3) is 0 Å². The lowest BCUT2D eigenvalue weighted by atomic mass is 10.1. The topological polar surface area (TPSA) is 93.4 Å². The number of nitrogens with one attached hydrogen (secondary N) is 1. The van der Waals surface area contributed by atoms with Crippen molar-refractivity contribution in [3.8, 4) is 6.07 Å². The molecule has 1 aromatic rings. The highest BCUT2D eigenvalue weighted by Gasteiger charge is 2.10. The second-order valence-electron chi connectivity index (χ2n) is 4.47. The fraction of sp³-hybridized carbons (Fsp3) is 0.400. The number of rotatable bonds is 7. The number of nitriles is 1. The van der Waals surface area contributed by atoms with Gasteiger partial charge in [-0.25, -0.2) is 9.59 Å². The van der Waals surface area contributed by atoms with Crippen molar-refractivity contribution in [3.05, 3.63) is 35.4 Å². The van der Waals surface area contributed by atoms with Crippen LogP contribution in [0.4, 0.5) is 4.79 Å². The Morgan fingerprint density at radius 1 is 1.33 bits per heavy atom. The van der Waals surface area contributed by atoms with Crippen LogP contribution in [-0.4, -0.2) is 41.6 Å². The number of urea groups is 1. The summed E-state index contributed by atoms with van der Waals surface area (Å²) < 4.78 is 0. The minimum absolute atomic E-state index is 0.185. The Kier molecular flexibility index (Phi) is 6.75. The number of benzene rings is 1. The standard InChI is InChI=1S/C15H19N3O3/c1-2-18(11-3-9-16)15(21)17-10-8-12-4-6-13(7-5-12)14(19)20/h4-7H,2-3,8,10-11H2,1H3,(H,17,21)(H,19,20). The summed E-state index contributed by atoms with van der Waals surface area (Å²) in [6.45, 7) is 3.31. The van der Waals surface area contributed by atoms with Crippen LogP contribution in [0.5, 0.6) is 0 Å². The molecule has 21 heavy (non-hydrogen) atoms. The Morgan fingerprint density at radius 2 is 2.00 bits per heavy atom. The average Bonchev–Trinajstić information content (AvgIpc) is 2.48. The van der Waals surface area contributed by atoms with E-state index in [-0.39, 0.29) is 11.6 Å². The first kappa shape index (κ1) is 16.5. The highest BCUT2D eigenvalue weighted by molar-refractivity contribution is 5.87. The zero-order chi connectivity index (χ0) is 15.7. The molecule has 0 aliphatic heterocycles. The SMILES string of the molecule is CCN(CCC#N)C(=O)NCCc1ccc(C(=O)O)cc1. The predicted molar refractivity (Wildman–Crippen MR) is 78.0 cm³/mol. The predicted octanol–water partition coefficient (Wildman–Crippen LogP) is 1.87. The highest BCUT2D eigenvalue weighted by atomic mass is 16.4. The number of carbonyl (C=O) groups is 2. The molecule has 112 valence electrons. The quantitative estimate of drug-likeness (QED) is 0.801. The third kappa shape index (κ3) is 5.53. The number of aromatic carboxylic acids is 1. The van der Waals surface area contributed by atoms with E-state index in [1.165, 1.54) is 0 Å². The molecule has 0 unspecified atom stereocenters. The van der Waals surface area contributed by atoms with Gasteiger partial charge >= 0.3 is 12.0 Å². The van der Waals surface area contributed by atoms with E-state index < -0.39 is 5.97 Å². The van der Waals surface area contributed by atoms with E-state index in [2.05, 4.69) is 5.32 Å². The van der Waals surface area contributed by atoms with E-state index in [9.17, 15) is 9.59 Å². The van der Waals surface area contributed by atoms with Crippen molar-refractivity contribution in [1.82, 2.24) is 10.2 Å². The lowest BCUT2D eigenvalue weighted by Crippen LogP contribution is -2.41. The third-order valence-corrected chi connectivity index (χ3v) is 3.05. The number of nitrogens with zero attached hydrogens (tertiary/aromatic N) is 2. The Bertz CT molecular complexity index is 520. The summed E-state index contributed by atoms with van der Waals surface area (Å²) in [4.78, 5) is 24.1. The van der Waals surface area contributed by atoms with E-state index >= 15 is 0 Å². The van der Waals surface area contributed by atoms with Crippen LogP contribution in [0.2, 0.25) is 0 Å². The third-order valence-electron chi connectivity index (χ3n) is 3.05. The van der Waals surface area contributed by atoms with Crippen LogP contribution < -0.4 is 5.32 Å². The van der Waals surface area contributed by atoms with Gasteiger partial charge in [0.2, 0.25) is 0 Å². The van der Waals surface area contributed by atoms with E-state index in [0.717, 1.165) is 5.56 Å². The summed E-state index contributed by atoms with van der Waals surface area (Å²) in [5.74, 6) is -0.953. The van der Waals surface area contributed by atoms with Gasteiger partial charge in [0, 0.05) is 19.6 Å². The van der Waals surface area contributed by atoms with Crippen molar-refractivity contribution in [2.24, 2.45) is 0 Å². The molecule has 0 spiro atoms. The van der Waals surface area contributed by atoms with Gasteiger partial charge in [-0.3, -0.25) is 0 Å². The summed E-state index contributed by atoms with van der Waals surface area (Å²) in [5.41, 5.74) is 1.21. The molecule has 6 nitrogen and oxygen atoms in total. The molecule has 0 aliphatic rings. The molecule has 0 heterocycles. The number of amides is 2. The summed E-state index contributed by atoms with van der Waals surface area (Å²) in [7, 11) is 0. The van der Waals surface area contributed by atoms with Crippen molar-refractivity contribution in [2.45, 2.75) is 19.8 Å². The average molecular weight is 289 g/mol. The number of carboxylic acid groups (broad SMARTS) is 1. The summed E-state index contributed by atoms with van der Waals surface area (Å²) in [5, 5.41) is 20.1. The highest BCUT2D eigenvalue weighted by Crippen LogP contribution is 2.05. The molecule has 2 N–H and O–H groups in total. The molecular formula is C15H19N3O3. The Hall–Kier alpha value is -2.55. The maximum Gasteiger partial charge on any atom is 0.335 e. The second-order valence-corrected chi connectivity index (χ2v) is 4.47. The van der Waals surface area contributed by atoms with Gasteiger partial charge in [0.05, 0.1) is 18.1 Å². The Labute approximate surface area is 124 Å². The molecule has 1 aromatic carbocycles. The number of hydrogen-bond donors (Lipinski definition) is 2. The minimum Gasteiger partial charge on any atom is -0.478 e. The van der Waals surface area contributed by atoms with E-state index in [4.69, 9.17) is 10.4 Å². The summed E-state index contributed by atoms with van der Waals surface area (Å²) >= 11 is 0. The molecule has 1 rings (SSSR count). The van der Waals surface area contributed by atoms with Crippen molar-refractivity contribution in [2.75, 3.05) is 19.6 Å². The zero-order valence-corrected chi connectivity index (χ0v) is 12.0. The van der Waals surface area contributed by atoms with Crippen molar-refractivity contribution in [3.63, 3.8) is 0 Å². The van der Waals surface area contributed by atoms with Gasteiger partial charge in [-0.05, 0) is 31.0 Å². The van der Waals surface area contributed by atoms with Crippen LogP contribution >= 0.6 is 0 Å². The molecule has 6 heteroatoms. The summed E-state index contributed by atoms with van der Waals surface area (Å²) in [6.07, 6.45) is 0.944. The molecule has 0 bridgehead atoms. The van der Waals surface area contributed by atoms with E-state index in [1.807, 2.05) is 13.0 Å². The number of carbonyl (C=O) groups excluding carboxylic acids is 1. The smallest absolute Gasteiger partial charge is 0.335 e. The van der Waals surface area contributed by atoms with E-state index in [1.54, 1.807) is 29.2 Å². The Balaban J connectivity index is 2.40. The van der Waals surface area contributed by atoms with E-state index in [0.29, 0.717) is 32.5 Å².